The van der Waals surface area contributed by atoms with Crippen molar-refractivity contribution in [2.45, 2.75) is 33.3 Å². The summed E-state index contributed by atoms with van der Waals surface area (Å²) in [6, 6.07) is 9.60. The van der Waals surface area contributed by atoms with Gasteiger partial charge in [0.25, 0.3) is 5.91 Å². The van der Waals surface area contributed by atoms with Crippen LogP contribution in [0.15, 0.2) is 42.6 Å². The number of carbonyl (C=O) groups excluding carboxylic acids is 1. The van der Waals surface area contributed by atoms with Gasteiger partial charge in [-0.15, -0.1) is 0 Å². The number of carbonyl (C=O) groups is 1. The molecule has 1 amide bonds. The molecule has 1 aromatic heterocycles. The van der Waals surface area contributed by atoms with E-state index in [0.29, 0.717) is 43.9 Å². The zero-order chi connectivity index (χ0) is 19.9. The van der Waals surface area contributed by atoms with Crippen molar-refractivity contribution in [3.8, 4) is 11.5 Å². The van der Waals surface area contributed by atoms with Crippen LogP contribution in [-0.2, 0) is 6.42 Å². The second-order valence-electron chi connectivity index (χ2n) is 6.64. The Bertz CT molecular complexity index is 744. The Morgan fingerprint density at radius 3 is 2.59 bits per heavy atom. The number of hydrogen-bond donors (Lipinski definition) is 1. The van der Waals surface area contributed by atoms with Gasteiger partial charge in [-0.2, -0.15) is 8.78 Å². The molecule has 7 heteroatoms. The maximum absolute atomic E-state index is 12.9. The SMILES string of the molecule is CC(C)CNC(=O)c1ccc(CCOc2cccc(OC(C)(F)F)c2)cn1. The van der Waals surface area contributed by atoms with Crippen LogP contribution in [0.2, 0.25) is 0 Å². The predicted octanol–water partition coefficient (Wildman–Crippen LogP) is 4.08. The molecule has 27 heavy (non-hydrogen) atoms. The number of benzene rings is 1. The highest BCUT2D eigenvalue weighted by molar-refractivity contribution is 5.92. The van der Waals surface area contributed by atoms with Gasteiger partial charge < -0.3 is 14.8 Å². The van der Waals surface area contributed by atoms with Crippen LogP contribution in [0.1, 0.15) is 36.8 Å². The van der Waals surface area contributed by atoms with Gasteiger partial charge in [-0.05, 0) is 29.7 Å². The van der Waals surface area contributed by atoms with E-state index in [1.54, 1.807) is 24.4 Å². The smallest absolute Gasteiger partial charge is 0.394 e. The lowest BCUT2D eigenvalue weighted by atomic mass is 10.2. The molecule has 0 aliphatic heterocycles. The minimum Gasteiger partial charge on any atom is -0.493 e. The summed E-state index contributed by atoms with van der Waals surface area (Å²) in [5, 5.41) is 2.81. The largest absolute Gasteiger partial charge is 0.493 e. The van der Waals surface area contributed by atoms with Gasteiger partial charge in [0.1, 0.15) is 17.2 Å². The maximum Gasteiger partial charge on any atom is 0.394 e. The molecule has 1 aromatic carbocycles. The van der Waals surface area contributed by atoms with Gasteiger partial charge in [-0.25, -0.2) is 0 Å². The van der Waals surface area contributed by atoms with Crippen LogP contribution < -0.4 is 14.8 Å². The van der Waals surface area contributed by atoms with E-state index in [4.69, 9.17) is 4.74 Å². The van der Waals surface area contributed by atoms with E-state index < -0.39 is 6.11 Å². The fraction of sp³-hybridized carbons (Fsp3) is 0.400. The summed E-state index contributed by atoms with van der Waals surface area (Å²) in [6.07, 6.45) is -1.05. The van der Waals surface area contributed by atoms with E-state index in [0.717, 1.165) is 5.56 Å². The van der Waals surface area contributed by atoms with Crippen molar-refractivity contribution in [3.05, 3.63) is 53.9 Å². The Morgan fingerprint density at radius 2 is 1.96 bits per heavy atom. The second-order valence-corrected chi connectivity index (χ2v) is 6.64. The first-order valence-electron chi connectivity index (χ1n) is 8.76. The zero-order valence-corrected chi connectivity index (χ0v) is 15.7. The van der Waals surface area contributed by atoms with Crippen molar-refractivity contribution < 1.29 is 23.0 Å². The number of hydrogen-bond acceptors (Lipinski definition) is 4. The van der Waals surface area contributed by atoms with Gasteiger partial charge in [0.15, 0.2) is 0 Å². The van der Waals surface area contributed by atoms with Crippen molar-refractivity contribution in [2.75, 3.05) is 13.2 Å². The number of alkyl halides is 2. The molecule has 1 N–H and O–H groups in total. The van der Waals surface area contributed by atoms with Crippen molar-refractivity contribution >= 4 is 5.91 Å². The molecular weight excluding hydrogens is 354 g/mol. The minimum atomic E-state index is -3.24. The standard InChI is InChI=1S/C20H24F2N2O3/c1-14(2)12-24-19(25)18-8-7-15(13-23-18)9-10-26-16-5-4-6-17(11-16)27-20(3,21)22/h4-8,11,13-14H,9-10,12H2,1-3H3,(H,24,25). The first-order chi connectivity index (χ1) is 12.7. The third kappa shape index (κ3) is 7.60. The summed E-state index contributed by atoms with van der Waals surface area (Å²) in [4.78, 5) is 16.1. The summed E-state index contributed by atoms with van der Waals surface area (Å²) < 4.78 is 35.9. The van der Waals surface area contributed by atoms with E-state index in [-0.39, 0.29) is 11.7 Å². The van der Waals surface area contributed by atoms with E-state index in [2.05, 4.69) is 15.0 Å². The Labute approximate surface area is 157 Å². The van der Waals surface area contributed by atoms with Crippen molar-refractivity contribution in [3.63, 3.8) is 0 Å². The van der Waals surface area contributed by atoms with Crippen LogP contribution in [0.4, 0.5) is 8.78 Å². The van der Waals surface area contributed by atoms with Crippen molar-refractivity contribution in [1.29, 1.82) is 0 Å². The second kappa shape index (κ2) is 9.30. The fourth-order valence-electron chi connectivity index (χ4n) is 2.22. The Balaban J connectivity index is 1.83. The lowest BCUT2D eigenvalue weighted by Crippen LogP contribution is -2.28. The molecule has 5 nitrogen and oxygen atoms in total. The van der Waals surface area contributed by atoms with Gasteiger partial charge >= 0.3 is 6.11 Å². The van der Waals surface area contributed by atoms with Gasteiger partial charge in [0, 0.05) is 32.2 Å². The van der Waals surface area contributed by atoms with E-state index >= 15 is 0 Å². The molecule has 0 saturated carbocycles. The Hall–Kier alpha value is -2.70. The molecule has 1 heterocycles. The van der Waals surface area contributed by atoms with Crippen LogP contribution in [0, 0.1) is 5.92 Å². The molecule has 2 rings (SSSR count). The average Bonchev–Trinajstić information content (AvgIpc) is 2.59. The van der Waals surface area contributed by atoms with Crippen molar-refractivity contribution in [2.24, 2.45) is 5.92 Å². The third-order valence-corrected chi connectivity index (χ3v) is 3.49. The molecule has 0 radical (unpaired) electrons. The number of halogens is 2. The van der Waals surface area contributed by atoms with E-state index in [1.807, 2.05) is 19.9 Å². The Kier molecular flexibility index (Phi) is 7.10. The monoisotopic (exact) mass is 378 g/mol. The molecule has 0 aliphatic rings. The summed E-state index contributed by atoms with van der Waals surface area (Å²) in [7, 11) is 0. The predicted molar refractivity (Wildman–Crippen MR) is 98.3 cm³/mol. The fourth-order valence-corrected chi connectivity index (χ4v) is 2.22. The molecule has 0 aliphatic carbocycles. The molecule has 0 unspecified atom stereocenters. The molecule has 2 aromatic rings. The highest BCUT2D eigenvalue weighted by atomic mass is 19.3. The van der Waals surface area contributed by atoms with Crippen LogP contribution in [0.3, 0.4) is 0 Å². The van der Waals surface area contributed by atoms with Crippen molar-refractivity contribution in [1.82, 2.24) is 10.3 Å². The minimum absolute atomic E-state index is 0.0402. The molecule has 0 fully saturated rings. The Morgan fingerprint density at radius 1 is 1.22 bits per heavy atom. The van der Waals surface area contributed by atoms with E-state index in [9.17, 15) is 13.6 Å². The number of amides is 1. The number of nitrogens with one attached hydrogen (secondary N) is 1. The summed E-state index contributed by atoms with van der Waals surface area (Å²) in [6.45, 7) is 5.66. The molecule has 0 saturated heterocycles. The number of pyridine rings is 1. The number of ether oxygens (including phenoxy) is 2. The third-order valence-electron chi connectivity index (χ3n) is 3.49. The molecule has 0 spiro atoms. The lowest BCUT2D eigenvalue weighted by molar-refractivity contribution is -0.159. The topological polar surface area (TPSA) is 60.5 Å². The van der Waals surface area contributed by atoms with E-state index in [1.165, 1.54) is 12.1 Å². The molecular formula is C20H24F2N2O3. The highest BCUT2D eigenvalue weighted by Gasteiger charge is 2.23. The molecule has 0 bridgehead atoms. The van der Waals surface area contributed by atoms with Gasteiger partial charge in [-0.1, -0.05) is 26.0 Å². The normalized spacial score (nSPS) is 11.3. The van der Waals surface area contributed by atoms with Gasteiger partial charge in [0.05, 0.1) is 6.61 Å². The van der Waals surface area contributed by atoms with Crippen LogP contribution in [0.25, 0.3) is 0 Å². The molecule has 146 valence electrons. The first kappa shape index (κ1) is 20.6. The summed E-state index contributed by atoms with van der Waals surface area (Å²) in [5.74, 6) is 0.654. The maximum atomic E-state index is 12.9. The van der Waals surface area contributed by atoms with Crippen LogP contribution >= 0.6 is 0 Å². The molecule has 0 atom stereocenters. The highest BCUT2D eigenvalue weighted by Crippen LogP contribution is 2.25. The quantitative estimate of drug-likeness (QED) is 0.714. The van der Waals surface area contributed by atoms with Crippen LogP contribution in [-0.4, -0.2) is 30.2 Å². The summed E-state index contributed by atoms with van der Waals surface area (Å²) >= 11 is 0. The number of rotatable bonds is 9. The lowest BCUT2D eigenvalue weighted by Gasteiger charge is -2.14. The van der Waals surface area contributed by atoms with Gasteiger partial charge in [0.2, 0.25) is 0 Å². The first-order valence-corrected chi connectivity index (χ1v) is 8.76. The zero-order valence-electron chi connectivity index (χ0n) is 15.7. The summed E-state index contributed by atoms with van der Waals surface area (Å²) in [5.41, 5.74) is 1.27. The van der Waals surface area contributed by atoms with Crippen LogP contribution in [0.5, 0.6) is 11.5 Å². The average molecular weight is 378 g/mol. The van der Waals surface area contributed by atoms with Gasteiger partial charge in [-0.3, -0.25) is 9.78 Å². The number of aromatic nitrogens is 1. The number of nitrogens with zero attached hydrogens (tertiary/aromatic N) is 1.